The Kier molecular flexibility index (Phi) is 5.77. The molecule has 0 aromatic carbocycles. The standard InChI is InChI=1S/C11H22N4O2S/c1-3-5-10(2)14-18(16,17)11-8-13-15(9-11)7-4-6-12/h8-10,14H,3-7,12H2,1-2H3. The van der Waals surface area contributed by atoms with Gasteiger partial charge in [-0.05, 0) is 26.3 Å². The van der Waals surface area contributed by atoms with Gasteiger partial charge in [-0.1, -0.05) is 13.3 Å². The van der Waals surface area contributed by atoms with E-state index in [9.17, 15) is 8.42 Å². The molecule has 1 heterocycles. The van der Waals surface area contributed by atoms with Gasteiger partial charge < -0.3 is 5.73 Å². The third kappa shape index (κ3) is 4.40. The first-order valence-electron chi connectivity index (χ1n) is 6.24. The number of nitrogens with two attached hydrogens (primary N) is 1. The van der Waals surface area contributed by atoms with Crippen LogP contribution in [0.1, 0.15) is 33.1 Å². The molecule has 7 heteroatoms. The van der Waals surface area contributed by atoms with Crippen LogP contribution >= 0.6 is 0 Å². The minimum absolute atomic E-state index is 0.0626. The summed E-state index contributed by atoms with van der Waals surface area (Å²) in [6.07, 6.45) is 5.45. The van der Waals surface area contributed by atoms with Gasteiger partial charge in [-0.3, -0.25) is 4.68 Å². The summed E-state index contributed by atoms with van der Waals surface area (Å²) in [6, 6.07) is -0.0626. The van der Waals surface area contributed by atoms with Crippen molar-refractivity contribution in [3.05, 3.63) is 12.4 Å². The van der Waals surface area contributed by atoms with Crippen LogP contribution in [0.2, 0.25) is 0 Å². The zero-order chi connectivity index (χ0) is 13.6. The first-order valence-corrected chi connectivity index (χ1v) is 7.72. The van der Waals surface area contributed by atoms with Crippen molar-refractivity contribution in [1.82, 2.24) is 14.5 Å². The molecule has 0 fully saturated rings. The van der Waals surface area contributed by atoms with E-state index < -0.39 is 10.0 Å². The van der Waals surface area contributed by atoms with Crippen molar-refractivity contribution in [1.29, 1.82) is 0 Å². The number of hydrogen-bond donors (Lipinski definition) is 2. The van der Waals surface area contributed by atoms with Gasteiger partial charge >= 0.3 is 0 Å². The van der Waals surface area contributed by atoms with E-state index in [0.29, 0.717) is 13.1 Å². The Balaban J connectivity index is 2.69. The van der Waals surface area contributed by atoms with E-state index in [1.54, 1.807) is 4.68 Å². The molecule has 0 aliphatic heterocycles. The Hall–Kier alpha value is -0.920. The zero-order valence-electron chi connectivity index (χ0n) is 11.0. The van der Waals surface area contributed by atoms with Crippen molar-refractivity contribution in [3.8, 4) is 0 Å². The monoisotopic (exact) mass is 274 g/mol. The Bertz CT molecular complexity index is 455. The van der Waals surface area contributed by atoms with Gasteiger partial charge in [-0.15, -0.1) is 0 Å². The number of nitrogens with zero attached hydrogens (tertiary/aromatic N) is 2. The summed E-state index contributed by atoms with van der Waals surface area (Å²) in [5.41, 5.74) is 5.40. The maximum Gasteiger partial charge on any atom is 0.243 e. The highest BCUT2D eigenvalue weighted by Crippen LogP contribution is 2.09. The van der Waals surface area contributed by atoms with Crippen LogP contribution in [-0.4, -0.2) is 30.8 Å². The van der Waals surface area contributed by atoms with Crippen molar-refractivity contribution in [2.24, 2.45) is 5.73 Å². The maximum absolute atomic E-state index is 12.0. The molecular weight excluding hydrogens is 252 g/mol. The Labute approximate surface area is 109 Å². The molecule has 0 saturated heterocycles. The lowest BCUT2D eigenvalue weighted by Crippen LogP contribution is -2.32. The topological polar surface area (TPSA) is 90.0 Å². The van der Waals surface area contributed by atoms with Crippen LogP contribution < -0.4 is 10.5 Å². The Morgan fingerprint density at radius 2 is 2.28 bits per heavy atom. The lowest BCUT2D eigenvalue weighted by molar-refractivity contribution is 0.543. The molecule has 0 bridgehead atoms. The number of aryl methyl sites for hydroxylation is 1. The summed E-state index contributed by atoms with van der Waals surface area (Å²) >= 11 is 0. The van der Waals surface area contributed by atoms with Crippen LogP contribution in [0.3, 0.4) is 0 Å². The molecule has 1 atom stereocenters. The molecule has 0 saturated carbocycles. The summed E-state index contributed by atoms with van der Waals surface area (Å²) < 4.78 is 28.3. The van der Waals surface area contributed by atoms with Crippen molar-refractivity contribution in [3.63, 3.8) is 0 Å². The second kappa shape index (κ2) is 6.86. The minimum Gasteiger partial charge on any atom is -0.330 e. The summed E-state index contributed by atoms with van der Waals surface area (Å²) in [4.78, 5) is 0.211. The molecule has 0 radical (unpaired) electrons. The molecule has 0 spiro atoms. The fourth-order valence-electron chi connectivity index (χ4n) is 1.68. The molecule has 1 aromatic rings. The fourth-order valence-corrected chi connectivity index (χ4v) is 2.91. The summed E-state index contributed by atoms with van der Waals surface area (Å²) in [7, 11) is -3.45. The van der Waals surface area contributed by atoms with Crippen molar-refractivity contribution in [2.75, 3.05) is 6.54 Å². The van der Waals surface area contributed by atoms with Crippen LogP contribution in [0, 0.1) is 0 Å². The Morgan fingerprint density at radius 3 is 2.89 bits per heavy atom. The van der Waals surface area contributed by atoms with Crippen LogP contribution in [-0.2, 0) is 16.6 Å². The van der Waals surface area contributed by atoms with Crippen LogP contribution in [0.25, 0.3) is 0 Å². The Morgan fingerprint density at radius 1 is 1.56 bits per heavy atom. The number of aromatic nitrogens is 2. The molecule has 3 N–H and O–H groups in total. The van der Waals surface area contributed by atoms with Crippen LogP contribution in [0.15, 0.2) is 17.3 Å². The van der Waals surface area contributed by atoms with E-state index in [-0.39, 0.29) is 10.9 Å². The van der Waals surface area contributed by atoms with Crippen molar-refractivity contribution < 1.29 is 8.42 Å². The lowest BCUT2D eigenvalue weighted by atomic mass is 10.2. The molecule has 0 aliphatic rings. The second-order valence-corrected chi connectivity index (χ2v) is 6.11. The molecular formula is C11H22N4O2S. The number of nitrogens with one attached hydrogen (secondary N) is 1. The van der Waals surface area contributed by atoms with Gasteiger partial charge in [0.15, 0.2) is 0 Å². The molecule has 0 amide bonds. The predicted octanol–water partition coefficient (Wildman–Crippen LogP) is 0.699. The largest absolute Gasteiger partial charge is 0.330 e. The molecule has 1 rings (SSSR count). The smallest absolute Gasteiger partial charge is 0.243 e. The van der Waals surface area contributed by atoms with Gasteiger partial charge in [0.25, 0.3) is 0 Å². The third-order valence-electron chi connectivity index (χ3n) is 2.59. The van der Waals surface area contributed by atoms with Gasteiger partial charge in [0.1, 0.15) is 4.90 Å². The quantitative estimate of drug-likeness (QED) is 0.730. The first kappa shape index (κ1) is 15.1. The molecule has 1 unspecified atom stereocenters. The van der Waals surface area contributed by atoms with Crippen molar-refractivity contribution >= 4 is 10.0 Å². The predicted molar refractivity (Wildman–Crippen MR) is 70.6 cm³/mol. The molecule has 0 aliphatic carbocycles. The van der Waals surface area contributed by atoms with E-state index in [2.05, 4.69) is 9.82 Å². The van der Waals surface area contributed by atoms with Gasteiger partial charge in [0, 0.05) is 18.8 Å². The van der Waals surface area contributed by atoms with Gasteiger partial charge in [-0.2, -0.15) is 5.10 Å². The number of sulfonamides is 1. The summed E-state index contributed by atoms with van der Waals surface area (Å²) in [5.74, 6) is 0. The number of rotatable bonds is 8. The average molecular weight is 274 g/mol. The highest BCUT2D eigenvalue weighted by molar-refractivity contribution is 7.89. The first-order chi connectivity index (χ1) is 8.49. The summed E-state index contributed by atoms with van der Waals surface area (Å²) in [5, 5.41) is 4.02. The minimum atomic E-state index is -3.45. The zero-order valence-corrected chi connectivity index (χ0v) is 11.8. The van der Waals surface area contributed by atoms with E-state index in [1.165, 1.54) is 12.4 Å². The van der Waals surface area contributed by atoms with Gasteiger partial charge in [0.05, 0.1) is 6.20 Å². The van der Waals surface area contributed by atoms with E-state index >= 15 is 0 Å². The maximum atomic E-state index is 12.0. The second-order valence-electron chi connectivity index (χ2n) is 4.39. The average Bonchev–Trinajstić information content (AvgIpc) is 2.75. The van der Waals surface area contributed by atoms with Crippen molar-refractivity contribution in [2.45, 2.75) is 50.6 Å². The number of hydrogen-bond acceptors (Lipinski definition) is 4. The van der Waals surface area contributed by atoms with E-state index in [4.69, 9.17) is 5.73 Å². The van der Waals surface area contributed by atoms with E-state index in [1.807, 2.05) is 13.8 Å². The highest BCUT2D eigenvalue weighted by Gasteiger charge is 2.18. The third-order valence-corrected chi connectivity index (χ3v) is 4.13. The molecule has 18 heavy (non-hydrogen) atoms. The summed E-state index contributed by atoms with van der Waals surface area (Å²) in [6.45, 7) is 5.08. The van der Waals surface area contributed by atoms with Crippen LogP contribution in [0.5, 0.6) is 0 Å². The highest BCUT2D eigenvalue weighted by atomic mass is 32.2. The fraction of sp³-hybridized carbons (Fsp3) is 0.727. The lowest BCUT2D eigenvalue weighted by Gasteiger charge is -2.11. The van der Waals surface area contributed by atoms with Gasteiger partial charge in [0.2, 0.25) is 10.0 Å². The van der Waals surface area contributed by atoms with Gasteiger partial charge in [-0.25, -0.2) is 13.1 Å². The SMILES string of the molecule is CCCC(C)NS(=O)(=O)c1cnn(CCCN)c1. The molecule has 104 valence electrons. The molecule has 1 aromatic heterocycles. The van der Waals surface area contributed by atoms with Crippen LogP contribution in [0.4, 0.5) is 0 Å². The van der Waals surface area contributed by atoms with E-state index in [0.717, 1.165) is 19.3 Å². The normalized spacial score (nSPS) is 13.7. The molecule has 6 nitrogen and oxygen atoms in total.